The molecule has 0 radical (unpaired) electrons. The largest absolute Gasteiger partial charge is 0.388 e. The molecule has 2 aromatic heterocycles. The second-order valence-electron chi connectivity index (χ2n) is 9.74. The molecule has 37 heavy (non-hydrogen) atoms. The number of aliphatic hydroxyl groups is 2. The van der Waals surface area contributed by atoms with Gasteiger partial charge in [-0.2, -0.15) is 9.97 Å². The first-order chi connectivity index (χ1) is 18.0. The van der Waals surface area contributed by atoms with Gasteiger partial charge in [-0.1, -0.05) is 60.7 Å². The fraction of sp³-hybridized carbons (Fsp3) is 0.333. The maximum atomic E-state index is 12.3. The zero-order chi connectivity index (χ0) is 25.5. The molecule has 2 saturated carbocycles. The molecule has 0 unspecified atom stereocenters. The van der Waals surface area contributed by atoms with E-state index < -0.39 is 24.3 Å². The van der Waals surface area contributed by atoms with Crippen molar-refractivity contribution in [2.75, 3.05) is 5.32 Å². The molecule has 0 aliphatic heterocycles. The molecule has 4 atom stereocenters. The van der Waals surface area contributed by atoms with Crippen LogP contribution in [0.25, 0.3) is 11.2 Å². The summed E-state index contributed by atoms with van der Waals surface area (Å²) in [5.74, 6) is 0.398. The van der Waals surface area contributed by atoms with Crippen molar-refractivity contribution in [1.29, 1.82) is 0 Å². The number of halogens is 1. The van der Waals surface area contributed by atoms with Crippen LogP contribution in [0.4, 0.5) is 5.82 Å². The number of fused-ring (bicyclic) bond motifs is 1. The number of carbonyl (C=O) groups is 1. The molecule has 2 heterocycles. The van der Waals surface area contributed by atoms with Crippen LogP contribution in [0.15, 0.2) is 67.0 Å². The van der Waals surface area contributed by atoms with E-state index in [1.165, 1.54) is 0 Å². The maximum Gasteiger partial charge on any atom is 0.226 e. The van der Waals surface area contributed by atoms with Crippen molar-refractivity contribution in [3.05, 3.63) is 83.4 Å². The minimum Gasteiger partial charge on any atom is -0.388 e. The Labute approximate surface area is 218 Å². The van der Waals surface area contributed by atoms with Crippen molar-refractivity contribution in [2.45, 2.75) is 49.6 Å². The summed E-state index contributed by atoms with van der Waals surface area (Å²) in [4.78, 5) is 25.7. The highest BCUT2D eigenvalue weighted by atomic mass is 35.5. The molecule has 0 spiro atoms. The Hall–Kier alpha value is -3.53. The lowest BCUT2D eigenvalue weighted by Crippen LogP contribution is -2.43. The van der Waals surface area contributed by atoms with Gasteiger partial charge >= 0.3 is 0 Å². The van der Waals surface area contributed by atoms with Crippen LogP contribution in [-0.2, 0) is 4.79 Å². The predicted octanol–water partition coefficient (Wildman–Crippen LogP) is 3.24. The van der Waals surface area contributed by atoms with Gasteiger partial charge in [0.05, 0.1) is 24.5 Å². The van der Waals surface area contributed by atoms with Gasteiger partial charge in [-0.05, 0) is 42.0 Å². The van der Waals surface area contributed by atoms with Crippen molar-refractivity contribution < 1.29 is 15.0 Å². The number of rotatable bonds is 7. The summed E-state index contributed by atoms with van der Waals surface area (Å²) in [6.07, 6.45) is 1.45. The van der Waals surface area contributed by atoms with Gasteiger partial charge in [0, 0.05) is 5.92 Å². The number of amides is 1. The average molecular weight is 519 g/mol. The lowest BCUT2D eigenvalue weighted by Gasteiger charge is -2.21. The highest BCUT2D eigenvalue weighted by Crippen LogP contribution is 2.36. The average Bonchev–Trinajstić information content (AvgIpc) is 3.64. The van der Waals surface area contributed by atoms with E-state index in [1.54, 1.807) is 10.9 Å². The first-order valence-corrected chi connectivity index (χ1v) is 12.8. The second-order valence-corrected chi connectivity index (χ2v) is 10.1. The molecule has 1 amide bonds. The normalized spacial score (nSPS) is 23.5. The smallest absolute Gasteiger partial charge is 0.226 e. The van der Waals surface area contributed by atoms with Crippen LogP contribution < -0.4 is 10.6 Å². The van der Waals surface area contributed by atoms with Crippen molar-refractivity contribution in [3.63, 3.8) is 0 Å². The highest BCUT2D eigenvalue weighted by Gasteiger charge is 2.45. The maximum absolute atomic E-state index is 12.3. The van der Waals surface area contributed by atoms with Gasteiger partial charge < -0.3 is 25.4 Å². The number of aromatic nitrogens is 4. The van der Waals surface area contributed by atoms with Crippen LogP contribution in [0, 0.1) is 5.92 Å². The molecule has 0 saturated heterocycles. The zero-order valence-electron chi connectivity index (χ0n) is 19.9. The van der Waals surface area contributed by atoms with Gasteiger partial charge in [0.15, 0.2) is 17.0 Å². The monoisotopic (exact) mass is 518 g/mol. The minimum atomic E-state index is -1.10. The van der Waals surface area contributed by atoms with E-state index in [2.05, 4.69) is 25.6 Å². The molecule has 2 aliphatic rings. The molecule has 4 aromatic rings. The Morgan fingerprint density at radius 2 is 1.62 bits per heavy atom. The van der Waals surface area contributed by atoms with E-state index >= 15 is 0 Å². The molecule has 9 nitrogen and oxygen atoms in total. The van der Waals surface area contributed by atoms with Crippen LogP contribution in [0.3, 0.4) is 0 Å². The molecule has 6 rings (SSSR count). The number of imidazole rings is 1. The van der Waals surface area contributed by atoms with Gasteiger partial charge in [0.1, 0.15) is 12.2 Å². The van der Waals surface area contributed by atoms with E-state index in [0.717, 1.165) is 24.0 Å². The number of aliphatic hydroxyl groups excluding tert-OH is 2. The Kier molecular flexibility index (Phi) is 6.27. The number of hydrogen-bond acceptors (Lipinski definition) is 7. The fourth-order valence-corrected chi connectivity index (χ4v) is 5.26. The standard InChI is InChI=1S/C27H27ClN6O3/c28-27-32-24(31-20(15-7-3-1-4-8-15)16-9-5-2-6-10-16)21-25(33-27)34(14-29-21)19-13-18(22(35)23(19)36)30-26(37)17-11-12-17/h1-10,14,17-20,22-23,35-36H,11-13H2,(H,30,37)(H,31,32,33)/t18-,19+,22+,23-/m0/s1. The predicted molar refractivity (Wildman–Crippen MR) is 139 cm³/mol. The Morgan fingerprint density at radius 1 is 0.973 bits per heavy atom. The van der Waals surface area contributed by atoms with E-state index in [-0.39, 0.29) is 23.2 Å². The van der Waals surface area contributed by atoms with E-state index in [0.29, 0.717) is 23.4 Å². The number of hydrogen-bond donors (Lipinski definition) is 4. The van der Waals surface area contributed by atoms with Gasteiger partial charge in [-0.25, -0.2) is 4.98 Å². The van der Waals surface area contributed by atoms with Crippen molar-refractivity contribution >= 4 is 34.5 Å². The topological polar surface area (TPSA) is 125 Å². The molecule has 4 N–H and O–H groups in total. The minimum absolute atomic E-state index is 0.0137. The zero-order valence-corrected chi connectivity index (χ0v) is 20.7. The third-order valence-corrected chi connectivity index (χ3v) is 7.39. The quantitative estimate of drug-likeness (QED) is 0.277. The third kappa shape index (κ3) is 4.66. The van der Waals surface area contributed by atoms with Gasteiger partial charge in [-0.15, -0.1) is 0 Å². The van der Waals surface area contributed by atoms with E-state index in [9.17, 15) is 15.0 Å². The van der Waals surface area contributed by atoms with Crippen LogP contribution in [0.1, 0.15) is 42.5 Å². The summed E-state index contributed by atoms with van der Waals surface area (Å²) in [6.45, 7) is 0. The molecule has 0 bridgehead atoms. The lowest BCUT2D eigenvalue weighted by atomic mass is 9.99. The molecule has 2 aromatic carbocycles. The van der Waals surface area contributed by atoms with Crippen LogP contribution in [0.2, 0.25) is 5.28 Å². The fourth-order valence-electron chi connectivity index (χ4n) is 5.09. The SMILES string of the molecule is O=C(N[C@H]1C[C@@H](n2cnc3c(NC(c4ccccc4)c4ccccc4)nc(Cl)nc32)[C@H](O)[C@@H]1O)C1CC1. The summed E-state index contributed by atoms with van der Waals surface area (Å²) < 4.78 is 1.71. The van der Waals surface area contributed by atoms with E-state index in [4.69, 9.17) is 11.6 Å². The second kappa shape index (κ2) is 9.74. The summed E-state index contributed by atoms with van der Waals surface area (Å²) in [5.41, 5.74) is 3.01. The van der Waals surface area contributed by atoms with Crippen LogP contribution in [-0.4, -0.2) is 53.9 Å². The van der Waals surface area contributed by atoms with Gasteiger partial charge in [0.2, 0.25) is 11.2 Å². The number of carbonyl (C=O) groups excluding carboxylic acids is 1. The number of anilines is 1. The van der Waals surface area contributed by atoms with Gasteiger partial charge in [0.25, 0.3) is 0 Å². The summed E-state index contributed by atoms with van der Waals surface area (Å²) in [5, 5.41) is 27.9. The van der Waals surface area contributed by atoms with Crippen molar-refractivity contribution in [1.82, 2.24) is 24.8 Å². The van der Waals surface area contributed by atoms with E-state index in [1.807, 2.05) is 60.7 Å². The Balaban J connectivity index is 1.34. The summed E-state index contributed by atoms with van der Waals surface area (Å²) >= 11 is 6.37. The molecule has 190 valence electrons. The summed E-state index contributed by atoms with van der Waals surface area (Å²) in [7, 11) is 0. The number of nitrogens with zero attached hydrogens (tertiary/aromatic N) is 4. The van der Waals surface area contributed by atoms with Crippen LogP contribution in [0.5, 0.6) is 0 Å². The molecule has 10 heteroatoms. The molecular formula is C27H27ClN6O3. The molecular weight excluding hydrogens is 492 g/mol. The third-order valence-electron chi connectivity index (χ3n) is 7.23. The van der Waals surface area contributed by atoms with Crippen molar-refractivity contribution in [2.24, 2.45) is 5.92 Å². The highest BCUT2D eigenvalue weighted by molar-refractivity contribution is 6.28. The Morgan fingerprint density at radius 3 is 2.24 bits per heavy atom. The van der Waals surface area contributed by atoms with Crippen molar-refractivity contribution in [3.8, 4) is 0 Å². The number of benzene rings is 2. The first kappa shape index (κ1) is 23.8. The number of nitrogens with one attached hydrogen (secondary N) is 2. The van der Waals surface area contributed by atoms with Gasteiger partial charge in [-0.3, -0.25) is 4.79 Å². The summed E-state index contributed by atoms with van der Waals surface area (Å²) in [6, 6.07) is 18.7. The molecule has 2 fully saturated rings. The van der Waals surface area contributed by atoms with Crippen LogP contribution >= 0.6 is 11.6 Å². The lowest BCUT2D eigenvalue weighted by molar-refractivity contribution is -0.123. The first-order valence-electron chi connectivity index (χ1n) is 12.4. The molecule has 2 aliphatic carbocycles. The Bertz CT molecular complexity index is 1370.